The van der Waals surface area contributed by atoms with Crippen molar-refractivity contribution in [1.29, 1.82) is 0 Å². The molecule has 1 N–H and O–H groups in total. The predicted octanol–water partition coefficient (Wildman–Crippen LogP) is 4.72. The van der Waals surface area contributed by atoms with E-state index in [1.165, 1.54) is 22.3 Å². The highest BCUT2D eigenvalue weighted by Crippen LogP contribution is 2.56. The van der Waals surface area contributed by atoms with Crippen molar-refractivity contribution in [3.63, 3.8) is 0 Å². The third-order valence-electron chi connectivity index (χ3n) is 7.90. The van der Waals surface area contributed by atoms with Crippen molar-refractivity contribution in [2.24, 2.45) is 17.8 Å². The average molecular weight is 564 g/mol. The molecule has 182 valence electrons. The highest BCUT2D eigenvalue weighted by Gasteiger charge is 2.56. The van der Waals surface area contributed by atoms with E-state index in [0.717, 1.165) is 10.5 Å². The second-order valence-electron chi connectivity index (χ2n) is 9.75. The molecule has 4 unspecified atom stereocenters. The van der Waals surface area contributed by atoms with Crippen LogP contribution in [0, 0.1) is 24.7 Å². The summed E-state index contributed by atoms with van der Waals surface area (Å²) in [4.78, 5) is 55.9. The zero-order chi connectivity index (χ0) is 25.3. The molecule has 4 aliphatic rings. The van der Waals surface area contributed by atoms with E-state index < -0.39 is 23.7 Å². The largest absolute Gasteiger partial charge is 0.507 e. The first-order chi connectivity index (χ1) is 17.3. The van der Waals surface area contributed by atoms with Crippen molar-refractivity contribution >= 4 is 50.6 Å². The summed E-state index contributed by atoms with van der Waals surface area (Å²) in [5, 5.41) is 12.9. The van der Waals surface area contributed by atoms with Crippen LogP contribution in [0.25, 0.3) is 0 Å². The summed E-state index contributed by atoms with van der Waals surface area (Å²) in [5.74, 6) is -3.06. The number of imide groups is 1. The number of allylic oxidation sites excluding steroid dienone is 6. The van der Waals surface area contributed by atoms with Gasteiger partial charge < -0.3 is 5.11 Å². The van der Waals surface area contributed by atoms with Gasteiger partial charge in [-0.15, -0.1) is 11.3 Å². The first-order valence-corrected chi connectivity index (χ1v) is 13.5. The molecule has 4 atom stereocenters. The summed E-state index contributed by atoms with van der Waals surface area (Å²) < 4.78 is 0.186. The molecule has 8 heteroatoms. The van der Waals surface area contributed by atoms with Gasteiger partial charge in [0, 0.05) is 33.6 Å². The van der Waals surface area contributed by atoms with Crippen molar-refractivity contribution in [2.45, 2.75) is 32.2 Å². The number of Topliss-reactive ketones (excluding diaryl/α,β-unsaturated/α-hetero) is 1. The molecule has 6 rings (SSSR count). The normalized spacial score (nSPS) is 27.6. The number of aryl methyl sites for hydroxylation is 1. The fourth-order valence-corrected chi connectivity index (χ4v) is 7.40. The first-order valence-electron chi connectivity index (χ1n) is 11.8. The van der Waals surface area contributed by atoms with Crippen molar-refractivity contribution in [2.75, 3.05) is 0 Å². The molecule has 2 amide bonds. The maximum Gasteiger partial charge on any atom is 0.234 e. The molecule has 0 bridgehead atoms. The fourth-order valence-electron chi connectivity index (χ4n) is 6.26. The van der Waals surface area contributed by atoms with Crippen molar-refractivity contribution in [3.8, 4) is 5.75 Å². The number of hydrogen-bond donors (Lipinski definition) is 1. The Kier molecular flexibility index (Phi) is 5.50. The summed E-state index contributed by atoms with van der Waals surface area (Å²) in [5.41, 5.74) is 2.75. The lowest BCUT2D eigenvalue weighted by molar-refractivity contribution is -0.140. The van der Waals surface area contributed by atoms with E-state index in [1.54, 1.807) is 19.1 Å². The number of halogens is 1. The van der Waals surface area contributed by atoms with Gasteiger partial charge in [0.2, 0.25) is 11.8 Å². The molecule has 0 spiro atoms. The molecule has 1 aromatic carbocycles. The standard InChI is InChI=1S/C28H22BrNO5S/c1-13-4-2-6-16(25(13)32)22-15-7-8-17-23(28(35)30(27(17)34)12-14-5-3-9-36-14)18(15)10-19-24(22)21(31)11-20(29)26(19)33/h2-7,9,11,17-18,22-23,32H,8,10,12H2,1H3. The number of nitrogens with zero attached hydrogens (tertiary/aromatic N) is 1. The van der Waals surface area contributed by atoms with Crippen molar-refractivity contribution in [3.05, 3.63) is 85.1 Å². The average Bonchev–Trinajstić information content (AvgIpc) is 3.46. The number of aromatic hydroxyl groups is 1. The number of benzene rings is 1. The van der Waals surface area contributed by atoms with Crippen LogP contribution in [0.5, 0.6) is 5.75 Å². The van der Waals surface area contributed by atoms with E-state index in [4.69, 9.17) is 0 Å². The molecule has 1 aliphatic heterocycles. The Bertz CT molecular complexity index is 1450. The number of carbonyl (C=O) groups excluding carboxylic acids is 4. The van der Waals surface area contributed by atoms with E-state index in [-0.39, 0.29) is 46.6 Å². The summed E-state index contributed by atoms with van der Waals surface area (Å²) in [6.45, 7) is 2.03. The third-order valence-corrected chi connectivity index (χ3v) is 9.35. The molecule has 6 nitrogen and oxygen atoms in total. The van der Waals surface area contributed by atoms with Crippen LogP contribution < -0.4 is 0 Å². The lowest BCUT2D eigenvalue weighted by Crippen LogP contribution is -2.39. The molecule has 2 aromatic rings. The monoisotopic (exact) mass is 563 g/mol. The van der Waals surface area contributed by atoms with Crippen LogP contribution in [0.1, 0.15) is 34.8 Å². The Morgan fingerprint density at radius 3 is 2.64 bits per heavy atom. The Hall–Kier alpha value is -3.10. The van der Waals surface area contributed by atoms with Gasteiger partial charge in [-0.2, -0.15) is 0 Å². The van der Waals surface area contributed by atoms with E-state index in [0.29, 0.717) is 28.7 Å². The van der Waals surface area contributed by atoms with Crippen LogP contribution in [0.4, 0.5) is 0 Å². The summed E-state index contributed by atoms with van der Waals surface area (Å²) in [7, 11) is 0. The third kappa shape index (κ3) is 3.34. The second kappa shape index (κ2) is 8.49. The molecule has 2 heterocycles. The zero-order valence-electron chi connectivity index (χ0n) is 19.4. The molecule has 3 aliphatic carbocycles. The van der Waals surface area contributed by atoms with E-state index in [1.807, 2.05) is 29.7 Å². The first kappa shape index (κ1) is 23.3. The minimum absolute atomic E-state index is 0.0695. The number of amides is 2. The van der Waals surface area contributed by atoms with Crippen LogP contribution in [0.15, 0.2) is 69.1 Å². The number of fused-ring (bicyclic) bond motifs is 3. The van der Waals surface area contributed by atoms with Gasteiger partial charge in [0.25, 0.3) is 0 Å². The van der Waals surface area contributed by atoms with Gasteiger partial charge >= 0.3 is 0 Å². The maximum absolute atomic E-state index is 13.7. The molecule has 36 heavy (non-hydrogen) atoms. The molecule has 0 radical (unpaired) electrons. The molecule has 1 aromatic heterocycles. The number of carbonyl (C=O) groups is 4. The van der Waals surface area contributed by atoms with E-state index in [9.17, 15) is 24.3 Å². The Morgan fingerprint density at radius 2 is 1.89 bits per heavy atom. The molecular formula is C28H22BrNO5S. The SMILES string of the molecule is Cc1cccc(C2C3=CCC4C(=O)N(Cc5cccs5)C(=O)C4C3CC3=C2C(=O)C=C(Br)C3=O)c1O. The molecular weight excluding hydrogens is 542 g/mol. The van der Waals surface area contributed by atoms with Gasteiger partial charge in [0.15, 0.2) is 11.6 Å². The van der Waals surface area contributed by atoms with Gasteiger partial charge in [0.1, 0.15) is 5.75 Å². The van der Waals surface area contributed by atoms with Gasteiger partial charge in [-0.05, 0) is 58.6 Å². The number of phenols is 1. The Labute approximate surface area is 220 Å². The number of ketones is 2. The summed E-state index contributed by atoms with van der Waals surface area (Å²) in [6, 6.07) is 9.16. The van der Waals surface area contributed by atoms with Gasteiger partial charge in [-0.3, -0.25) is 24.1 Å². The van der Waals surface area contributed by atoms with Crippen LogP contribution >= 0.6 is 27.3 Å². The molecule has 1 fully saturated rings. The Morgan fingerprint density at radius 1 is 1.08 bits per heavy atom. The minimum atomic E-state index is -0.651. The number of rotatable bonds is 3. The number of phenolic OH excluding ortho intramolecular Hbond substituents is 1. The molecule has 0 saturated carbocycles. The molecule has 1 saturated heterocycles. The highest BCUT2D eigenvalue weighted by molar-refractivity contribution is 9.12. The number of likely N-dealkylation sites (tertiary alicyclic amines) is 1. The van der Waals surface area contributed by atoms with Crippen molar-refractivity contribution < 1.29 is 24.3 Å². The van der Waals surface area contributed by atoms with Crippen molar-refractivity contribution in [1.82, 2.24) is 4.90 Å². The quantitative estimate of drug-likeness (QED) is 0.331. The number of hydrogen-bond acceptors (Lipinski definition) is 6. The predicted molar refractivity (Wildman–Crippen MR) is 137 cm³/mol. The zero-order valence-corrected chi connectivity index (χ0v) is 21.8. The van der Waals surface area contributed by atoms with Gasteiger partial charge in [-0.25, -0.2) is 0 Å². The Balaban J connectivity index is 1.48. The highest BCUT2D eigenvalue weighted by atomic mass is 79.9. The van der Waals surface area contributed by atoms with E-state index >= 15 is 0 Å². The lowest BCUT2D eigenvalue weighted by Gasteiger charge is -2.42. The lowest BCUT2D eigenvalue weighted by atomic mass is 9.59. The second-order valence-corrected chi connectivity index (χ2v) is 11.6. The van der Waals surface area contributed by atoms with E-state index in [2.05, 4.69) is 15.9 Å². The minimum Gasteiger partial charge on any atom is -0.507 e. The van der Waals surface area contributed by atoms with Crippen LogP contribution in [-0.2, 0) is 25.7 Å². The fraction of sp³-hybridized carbons (Fsp3) is 0.286. The smallest absolute Gasteiger partial charge is 0.234 e. The number of para-hydroxylation sites is 1. The van der Waals surface area contributed by atoms with Crippen LogP contribution in [0.3, 0.4) is 0 Å². The van der Waals surface area contributed by atoms with Gasteiger partial charge in [-0.1, -0.05) is 35.9 Å². The maximum atomic E-state index is 13.7. The summed E-state index contributed by atoms with van der Waals surface area (Å²) >= 11 is 4.73. The topological polar surface area (TPSA) is 91.8 Å². The van der Waals surface area contributed by atoms with Crippen LogP contribution in [0.2, 0.25) is 0 Å². The summed E-state index contributed by atoms with van der Waals surface area (Å²) in [6.07, 6.45) is 3.85. The van der Waals surface area contributed by atoms with Crippen LogP contribution in [-0.4, -0.2) is 33.4 Å². The van der Waals surface area contributed by atoms with Gasteiger partial charge in [0.05, 0.1) is 22.9 Å². The number of thiophene rings is 1.